The average Bonchev–Trinajstić information content (AvgIpc) is 2.67. The molecule has 0 spiro atoms. The minimum Gasteiger partial charge on any atom is -0.314 e. The van der Waals surface area contributed by atoms with E-state index in [-0.39, 0.29) is 0 Å². The molecular formula is C23H46N2. The third-order valence-electron chi connectivity index (χ3n) is 7.56. The van der Waals surface area contributed by atoms with Gasteiger partial charge in [-0.05, 0) is 68.9 Å². The molecule has 2 rings (SSSR count). The lowest BCUT2D eigenvalue weighted by atomic mass is 9.76. The average molecular weight is 351 g/mol. The SMILES string of the molecule is CCC(C)C1CCCCC1NCCCNC1CCCCC1C(C)CC. The van der Waals surface area contributed by atoms with Gasteiger partial charge in [0.2, 0.25) is 0 Å². The van der Waals surface area contributed by atoms with E-state index in [0.29, 0.717) is 0 Å². The van der Waals surface area contributed by atoms with Crippen molar-refractivity contribution in [1.29, 1.82) is 0 Å². The van der Waals surface area contributed by atoms with E-state index in [0.717, 1.165) is 35.8 Å². The van der Waals surface area contributed by atoms with Crippen molar-refractivity contribution in [3.63, 3.8) is 0 Å². The zero-order chi connectivity index (χ0) is 18.1. The number of nitrogens with one attached hydrogen (secondary N) is 2. The first kappa shape index (κ1) is 21.2. The summed E-state index contributed by atoms with van der Waals surface area (Å²) < 4.78 is 0. The minimum atomic E-state index is 0.784. The summed E-state index contributed by atoms with van der Waals surface area (Å²) in [6.45, 7) is 12.0. The highest BCUT2D eigenvalue weighted by molar-refractivity contribution is 4.85. The van der Waals surface area contributed by atoms with Crippen LogP contribution in [0.1, 0.15) is 98.3 Å². The van der Waals surface area contributed by atoms with Crippen LogP contribution in [0, 0.1) is 23.7 Å². The number of hydrogen-bond donors (Lipinski definition) is 2. The van der Waals surface area contributed by atoms with Crippen LogP contribution < -0.4 is 10.6 Å². The summed E-state index contributed by atoms with van der Waals surface area (Å²) in [5, 5.41) is 7.86. The fourth-order valence-electron chi connectivity index (χ4n) is 5.46. The van der Waals surface area contributed by atoms with Gasteiger partial charge in [0.05, 0.1) is 0 Å². The second kappa shape index (κ2) is 11.6. The lowest BCUT2D eigenvalue weighted by molar-refractivity contribution is 0.184. The van der Waals surface area contributed by atoms with E-state index >= 15 is 0 Å². The zero-order valence-corrected chi connectivity index (χ0v) is 17.7. The van der Waals surface area contributed by atoms with Crippen LogP contribution in [0.4, 0.5) is 0 Å². The van der Waals surface area contributed by atoms with Gasteiger partial charge < -0.3 is 10.6 Å². The van der Waals surface area contributed by atoms with E-state index in [9.17, 15) is 0 Å². The van der Waals surface area contributed by atoms with Gasteiger partial charge in [0.15, 0.2) is 0 Å². The maximum absolute atomic E-state index is 3.93. The highest BCUT2D eigenvalue weighted by atomic mass is 15.0. The first-order valence-electron chi connectivity index (χ1n) is 11.6. The van der Waals surface area contributed by atoms with Gasteiger partial charge >= 0.3 is 0 Å². The quantitative estimate of drug-likeness (QED) is 0.489. The molecule has 0 aliphatic heterocycles. The summed E-state index contributed by atoms with van der Waals surface area (Å²) in [7, 11) is 0. The molecule has 2 saturated carbocycles. The Morgan fingerprint density at radius 3 is 1.48 bits per heavy atom. The van der Waals surface area contributed by atoms with E-state index < -0.39 is 0 Å². The Morgan fingerprint density at radius 1 is 0.680 bits per heavy atom. The van der Waals surface area contributed by atoms with Crippen molar-refractivity contribution in [2.45, 2.75) is 110 Å². The van der Waals surface area contributed by atoms with Crippen LogP contribution in [0.3, 0.4) is 0 Å². The maximum Gasteiger partial charge on any atom is 0.00978 e. The van der Waals surface area contributed by atoms with Crippen molar-refractivity contribution >= 4 is 0 Å². The molecule has 2 fully saturated rings. The Hall–Kier alpha value is -0.0800. The van der Waals surface area contributed by atoms with Gasteiger partial charge in [-0.3, -0.25) is 0 Å². The van der Waals surface area contributed by atoms with E-state index in [1.165, 1.54) is 83.7 Å². The second-order valence-corrected chi connectivity index (χ2v) is 9.14. The van der Waals surface area contributed by atoms with Crippen molar-refractivity contribution in [3.05, 3.63) is 0 Å². The van der Waals surface area contributed by atoms with Gasteiger partial charge in [0.25, 0.3) is 0 Å². The lowest BCUT2D eigenvalue weighted by Gasteiger charge is -2.37. The van der Waals surface area contributed by atoms with E-state index in [1.54, 1.807) is 0 Å². The third kappa shape index (κ3) is 6.54. The first-order chi connectivity index (χ1) is 12.2. The van der Waals surface area contributed by atoms with Gasteiger partial charge in [-0.1, -0.05) is 66.2 Å². The molecule has 2 nitrogen and oxygen atoms in total. The molecule has 0 aromatic carbocycles. The molecule has 0 aromatic rings. The summed E-state index contributed by atoms with van der Waals surface area (Å²) in [5.41, 5.74) is 0. The monoisotopic (exact) mass is 350 g/mol. The van der Waals surface area contributed by atoms with Gasteiger partial charge in [0, 0.05) is 12.1 Å². The summed E-state index contributed by atoms with van der Waals surface area (Å²) in [5.74, 6) is 3.60. The molecule has 6 atom stereocenters. The fraction of sp³-hybridized carbons (Fsp3) is 1.00. The van der Waals surface area contributed by atoms with E-state index in [1.807, 2.05) is 0 Å². The van der Waals surface area contributed by atoms with E-state index in [2.05, 4.69) is 38.3 Å². The summed E-state index contributed by atoms with van der Waals surface area (Å²) in [6, 6.07) is 1.57. The maximum atomic E-state index is 3.93. The summed E-state index contributed by atoms with van der Waals surface area (Å²) in [4.78, 5) is 0. The molecule has 2 heteroatoms. The van der Waals surface area contributed by atoms with Gasteiger partial charge in [-0.2, -0.15) is 0 Å². The van der Waals surface area contributed by atoms with Crippen LogP contribution in [0.5, 0.6) is 0 Å². The molecule has 6 unspecified atom stereocenters. The Balaban J connectivity index is 1.66. The van der Waals surface area contributed by atoms with Crippen molar-refractivity contribution in [1.82, 2.24) is 10.6 Å². The zero-order valence-electron chi connectivity index (χ0n) is 17.7. The Morgan fingerprint density at radius 2 is 1.08 bits per heavy atom. The van der Waals surface area contributed by atoms with Gasteiger partial charge in [0.1, 0.15) is 0 Å². The molecule has 0 aromatic heterocycles. The third-order valence-corrected chi connectivity index (χ3v) is 7.56. The lowest BCUT2D eigenvalue weighted by Crippen LogP contribution is -2.44. The molecule has 0 heterocycles. The largest absolute Gasteiger partial charge is 0.314 e. The Kier molecular flexibility index (Phi) is 9.84. The van der Waals surface area contributed by atoms with Crippen molar-refractivity contribution in [3.8, 4) is 0 Å². The molecule has 148 valence electrons. The molecule has 2 N–H and O–H groups in total. The smallest absolute Gasteiger partial charge is 0.00978 e. The Labute approximate surface area is 158 Å². The van der Waals surface area contributed by atoms with Crippen LogP contribution in [0.2, 0.25) is 0 Å². The van der Waals surface area contributed by atoms with Crippen molar-refractivity contribution < 1.29 is 0 Å². The molecule has 0 radical (unpaired) electrons. The minimum absolute atomic E-state index is 0.784. The Bertz CT molecular complexity index is 311. The molecule has 0 bridgehead atoms. The second-order valence-electron chi connectivity index (χ2n) is 9.14. The van der Waals surface area contributed by atoms with Crippen molar-refractivity contribution in [2.24, 2.45) is 23.7 Å². The topological polar surface area (TPSA) is 24.1 Å². The molecule has 0 saturated heterocycles. The molecule has 2 aliphatic rings. The predicted octanol–water partition coefficient (Wildman–Crippen LogP) is 5.77. The summed E-state index contributed by atoms with van der Waals surface area (Å²) >= 11 is 0. The highest BCUT2D eigenvalue weighted by Gasteiger charge is 2.29. The number of hydrogen-bond acceptors (Lipinski definition) is 2. The predicted molar refractivity (Wildman–Crippen MR) is 111 cm³/mol. The van der Waals surface area contributed by atoms with Crippen molar-refractivity contribution in [2.75, 3.05) is 13.1 Å². The van der Waals surface area contributed by atoms with Gasteiger partial charge in [-0.25, -0.2) is 0 Å². The molecule has 2 aliphatic carbocycles. The normalized spacial score (nSPS) is 33.1. The van der Waals surface area contributed by atoms with Crippen LogP contribution in [-0.2, 0) is 0 Å². The van der Waals surface area contributed by atoms with Crippen LogP contribution >= 0.6 is 0 Å². The highest BCUT2D eigenvalue weighted by Crippen LogP contribution is 2.33. The van der Waals surface area contributed by atoms with Crippen LogP contribution in [0.25, 0.3) is 0 Å². The van der Waals surface area contributed by atoms with Gasteiger partial charge in [-0.15, -0.1) is 0 Å². The van der Waals surface area contributed by atoms with Crippen LogP contribution in [-0.4, -0.2) is 25.2 Å². The fourth-order valence-corrected chi connectivity index (χ4v) is 5.46. The van der Waals surface area contributed by atoms with E-state index in [4.69, 9.17) is 0 Å². The molecule has 25 heavy (non-hydrogen) atoms. The van der Waals surface area contributed by atoms with Crippen LogP contribution in [0.15, 0.2) is 0 Å². The standard InChI is InChI=1S/C23H46N2/c1-5-18(3)20-12-7-9-14-22(20)24-16-11-17-25-23-15-10-8-13-21(23)19(4)6-2/h18-25H,5-17H2,1-4H3. The first-order valence-corrected chi connectivity index (χ1v) is 11.6. The summed E-state index contributed by atoms with van der Waals surface area (Å²) in [6.07, 6.45) is 15.4. The number of rotatable bonds is 10. The molecule has 0 amide bonds. The molecular weight excluding hydrogens is 304 g/mol.